The molecule has 0 fully saturated rings. The van der Waals surface area contributed by atoms with Gasteiger partial charge in [-0.2, -0.15) is 0 Å². The number of hydrogen-bond acceptors (Lipinski definition) is 0. The van der Waals surface area contributed by atoms with Gasteiger partial charge in [-0.1, -0.05) is 262 Å². The van der Waals surface area contributed by atoms with Crippen molar-refractivity contribution < 1.29 is 19.2 Å². The number of nitrogens with zero attached hydrogens (tertiary/aromatic N) is 2. The van der Waals surface area contributed by atoms with Crippen LogP contribution < -0.4 is 0 Å². The third-order valence-electron chi connectivity index (χ3n) is 13.1. The Bertz CT molecular complexity index is 1420. The molecule has 0 aliphatic rings. The quantitative estimate of drug-likeness (QED) is 0.0159. The summed E-state index contributed by atoms with van der Waals surface area (Å²) in [7, 11) is 0. The summed E-state index contributed by atoms with van der Waals surface area (Å²) < 4.78 is 0. The Morgan fingerprint density at radius 2 is 0.703 bits per heavy atom. The number of unbranched alkanes of at least 4 members (excludes halogenated alkanes) is 29. The van der Waals surface area contributed by atoms with E-state index >= 15 is 0 Å². The Hall–Kier alpha value is -2.17. The molecule has 0 amide bonds. The normalized spacial score (nSPS) is 11.5. The molecular weight excluding hydrogens is 819 g/mol. The summed E-state index contributed by atoms with van der Waals surface area (Å²) in [5.41, 5.74) is 19.2. The standard InChI is InChI=1S/C57H94N2.2C2H5.Ni/c1-5-9-13-16-18-19-20-21-22-23-24-25-26-27-28-29-30-31-32-33-36-40-55(50-59-58)56(41-37-34-17-14-10-6-2)57(53-46-42-51(43-47-53)38-12-8-4)54-48-44-52(45-49-54)39-35-15-11-7-3;2*1-2;/h42-49H,5-41H2,1-4H3;2*1H2,2H3;. The topological polar surface area (TPSA) is 36.4 Å². The van der Waals surface area contributed by atoms with Crippen molar-refractivity contribution in [3.05, 3.63) is 87.5 Å². The van der Waals surface area contributed by atoms with Crippen LogP contribution in [-0.2, 0) is 27.3 Å². The average molecular weight is 924 g/mol. The van der Waals surface area contributed by atoms with E-state index in [1.54, 1.807) is 0 Å². The van der Waals surface area contributed by atoms with Crippen molar-refractivity contribution in [1.82, 2.24) is 0 Å². The molecular formula is C61H104N2Ni. The van der Waals surface area contributed by atoms with Gasteiger partial charge < -0.3 is 5.53 Å². The third-order valence-corrected chi connectivity index (χ3v) is 14.1. The van der Waals surface area contributed by atoms with Crippen LogP contribution in [0.3, 0.4) is 0 Å². The van der Waals surface area contributed by atoms with Crippen LogP contribution in [0.1, 0.15) is 289 Å². The minimum absolute atomic E-state index is 0.919. The van der Waals surface area contributed by atoms with E-state index in [1.165, 1.54) is 243 Å². The predicted octanol–water partition coefficient (Wildman–Crippen LogP) is 21.1. The molecule has 0 heterocycles. The number of hydrogen-bond donors (Lipinski definition) is 0. The van der Waals surface area contributed by atoms with E-state index in [0.29, 0.717) is 0 Å². The van der Waals surface area contributed by atoms with Gasteiger partial charge in [-0.3, -0.25) is 0 Å². The van der Waals surface area contributed by atoms with E-state index in [4.69, 9.17) is 0 Å². The Balaban J connectivity index is 0.00000386. The van der Waals surface area contributed by atoms with Gasteiger partial charge in [0.1, 0.15) is 0 Å². The van der Waals surface area contributed by atoms with Crippen molar-refractivity contribution in [1.29, 1.82) is 0 Å². The van der Waals surface area contributed by atoms with Crippen LogP contribution in [0.15, 0.2) is 59.7 Å². The Labute approximate surface area is 406 Å². The first-order chi connectivity index (χ1) is 31.6. The zero-order chi connectivity index (χ0) is 46.4. The van der Waals surface area contributed by atoms with Crippen LogP contribution in [0.25, 0.3) is 11.1 Å². The van der Waals surface area contributed by atoms with Crippen LogP contribution in [-0.4, -0.2) is 10.7 Å². The summed E-state index contributed by atoms with van der Waals surface area (Å²) in [5, 5.41) is 2.56. The molecule has 2 nitrogen and oxygen atoms in total. The molecule has 64 heavy (non-hydrogen) atoms. The van der Waals surface area contributed by atoms with Crippen LogP contribution >= 0.6 is 0 Å². The second kappa shape index (κ2) is 46.0. The fourth-order valence-electron chi connectivity index (χ4n) is 9.06. The fourth-order valence-corrected chi connectivity index (χ4v) is 9.56. The molecule has 0 bridgehead atoms. The Morgan fingerprint density at radius 3 is 1.03 bits per heavy atom. The number of rotatable bonds is 42. The molecule has 0 saturated carbocycles. The number of aryl methyl sites for hydroxylation is 2. The van der Waals surface area contributed by atoms with Gasteiger partial charge >= 0.3 is 44.9 Å². The van der Waals surface area contributed by atoms with E-state index in [2.05, 4.69) is 101 Å². The molecule has 0 atom stereocenters. The minimum atomic E-state index is 0.919. The second-order valence-corrected chi connectivity index (χ2v) is 20.7. The van der Waals surface area contributed by atoms with E-state index in [-0.39, 0.29) is 0 Å². The molecule has 3 heteroatoms. The monoisotopic (exact) mass is 923 g/mol. The first-order valence-electron chi connectivity index (χ1n) is 27.9. The first-order valence-corrected chi connectivity index (χ1v) is 29.3. The molecule has 0 aliphatic carbocycles. The molecule has 0 radical (unpaired) electrons. The van der Waals surface area contributed by atoms with Crippen molar-refractivity contribution in [3.63, 3.8) is 0 Å². The van der Waals surface area contributed by atoms with Crippen LogP contribution in [0.5, 0.6) is 0 Å². The van der Waals surface area contributed by atoms with Gasteiger partial charge in [-0.05, 0) is 84.8 Å². The predicted molar refractivity (Wildman–Crippen MR) is 284 cm³/mol. The Kier molecular flexibility index (Phi) is 43.0. The van der Waals surface area contributed by atoms with Crippen molar-refractivity contribution >= 4 is 11.4 Å². The molecule has 2 aromatic rings. The first kappa shape index (κ1) is 59.8. The van der Waals surface area contributed by atoms with Gasteiger partial charge in [0.25, 0.3) is 0 Å². The SMILES string of the molecule is CCCCCCCCCCCCCCCCCCCCCCCC(=C=[N+]=[N-])C(CCCCCCCC)=C(c1ccc(CCCC)cc1)c1ccc(CCCCCC)cc1.C[CH2][Ni][CH2]C. The van der Waals surface area contributed by atoms with Crippen molar-refractivity contribution in [2.24, 2.45) is 0 Å². The van der Waals surface area contributed by atoms with Gasteiger partial charge in [0.2, 0.25) is 0 Å². The third kappa shape index (κ3) is 32.5. The molecule has 0 N–H and O–H groups in total. The summed E-state index contributed by atoms with van der Waals surface area (Å²) in [6, 6.07) is 18.9. The van der Waals surface area contributed by atoms with Crippen LogP contribution in [0.2, 0.25) is 10.8 Å². The van der Waals surface area contributed by atoms with Crippen molar-refractivity contribution in [2.75, 3.05) is 0 Å². The molecule has 368 valence electrons. The second-order valence-electron chi connectivity index (χ2n) is 18.8. The number of allylic oxidation sites excluding steroid dienone is 2. The maximum atomic E-state index is 10.00. The molecule has 0 spiro atoms. The van der Waals surface area contributed by atoms with Gasteiger partial charge in [0, 0.05) is 0 Å². The average Bonchev–Trinajstić information content (AvgIpc) is 3.31. The molecule has 0 saturated heterocycles. The van der Waals surface area contributed by atoms with E-state index < -0.39 is 0 Å². The van der Waals surface area contributed by atoms with E-state index in [0.717, 1.165) is 44.1 Å². The summed E-state index contributed by atoms with van der Waals surface area (Å²) in [4.78, 5) is 3.59. The van der Waals surface area contributed by atoms with E-state index in [9.17, 15) is 5.53 Å². The van der Waals surface area contributed by atoms with Gasteiger partial charge in [0.05, 0.1) is 5.57 Å². The van der Waals surface area contributed by atoms with Crippen LogP contribution in [0.4, 0.5) is 0 Å². The van der Waals surface area contributed by atoms with Gasteiger partial charge in [-0.15, -0.1) is 4.79 Å². The van der Waals surface area contributed by atoms with Crippen molar-refractivity contribution in [2.45, 2.75) is 290 Å². The summed E-state index contributed by atoms with van der Waals surface area (Å²) in [5.74, 6) is 3.16. The summed E-state index contributed by atoms with van der Waals surface area (Å²) >= 11 is 1.82. The van der Waals surface area contributed by atoms with Gasteiger partial charge in [-0.25, -0.2) is 0 Å². The van der Waals surface area contributed by atoms with Crippen molar-refractivity contribution in [3.8, 4) is 0 Å². The maximum absolute atomic E-state index is 10.00. The molecule has 2 rings (SSSR count). The molecule has 2 aromatic carbocycles. The van der Waals surface area contributed by atoms with E-state index in [1.807, 2.05) is 14.4 Å². The van der Waals surface area contributed by atoms with Crippen LogP contribution in [0, 0.1) is 0 Å². The zero-order valence-corrected chi connectivity index (χ0v) is 44.4. The van der Waals surface area contributed by atoms with Gasteiger partial charge in [0.15, 0.2) is 0 Å². The molecule has 0 aromatic heterocycles. The summed E-state index contributed by atoms with van der Waals surface area (Å²) in [6.07, 6.45) is 48.8. The molecule has 0 unspecified atom stereocenters. The molecule has 0 aliphatic heterocycles. The zero-order valence-electron chi connectivity index (χ0n) is 43.4. The Morgan fingerprint density at radius 1 is 0.391 bits per heavy atom. The summed E-state index contributed by atoms with van der Waals surface area (Å²) in [6.45, 7) is 13.5. The number of benzene rings is 2. The fraction of sp³-hybridized carbons (Fsp3) is 0.738.